The smallest absolute Gasteiger partial charge is 0.258 e. The van der Waals surface area contributed by atoms with Crippen molar-refractivity contribution >= 4 is 34.4 Å². The minimum absolute atomic E-state index is 0.0310. The molecule has 1 aromatic rings. The minimum Gasteiger partial charge on any atom is -0.508 e. The summed E-state index contributed by atoms with van der Waals surface area (Å²) >= 11 is 1.67. The molecular weight excluding hydrogens is 511 g/mol. The Balaban J connectivity index is 1.44. The molecule has 1 unspecified atom stereocenters. The van der Waals surface area contributed by atoms with E-state index in [0.29, 0.717) is 5.56 Å². The predicted octanol–water partition coefficient (Wildman–Crippen LogP) is 2.37. The summed E-state index contributed by atoms with van der Waals surface area (Å²) in [5.41, 5.74) is -0.263. The van der Waals surface area contributed by atoms with Gasteiger partial charge in [-0.3, -0.25) is 14.4 Å². The Hall–Kier alpha value is -2.79. The number of thioether (sulfide) groups is 1. The van der Waals surface area contributed by atoms with Crippen molar-refractivity contribution < 1.29 is 29.0 Å². The van der Waals surface area contributed by atoms with Crippen LogP contribution in [0, 0.1) is 5.41 Å². The summed E-state index contributed by atoms with van der Waals surface area (Å²) in [5, 5.41) is 29.8. The number of aromatic hydroxyl groups is 1. The lowest BCUT2D eigenvalue weighted by molar-refractivity contribution is -0.145. The van der Waals surface area contributed by atoms with Crippen LogP contribution in [0.15, 0.2) is 23.9 Å². The van der Waals surface area contributed by atoms with E-state index in [-0.39, 0.29) is 43.5 Å². The topological polar surface area (TPSA) is 131 Å². The number of hydrogen-bond donors (Lipinski definition) is 5. The third-order valence-corrected chi connectivity index (χ3v) is 8.45. The molecular formula is C27H37FN4O5S. The lowest BCUT2D eigenvalue weighted by Crippen LogP contribution is -2.59. The Bertz CT molecular complexity index is 1160. The molecule has 4 rings (SSSR count). The summed E-state index contributed by atoms with van der Waals surface area (Å²) in [6.45, 7) is 9.25. The Labute approximate surface area is 226 Å². The number of carbonyl (C=O) groups is 3. The number of rotatable bonds is 7. The van der Waals surface area contributed by atoms with Gasteiger partial charge >= 0.3 is 0 Å². The maximum absolute atomic E-state index is 14.3. The highest BCUT2D eigenvalue weighted by Crippen LogP contribution is 2.41. The zero-order chi connectivity index (χ0) is 28.0. The molecule has 4 atom stereocenters. The van der Waals surface area contributed by atoms with E-state index >= 15 is 0 Å². The molecule has 1 aromatic carbocycles. The molecule has 9 nitrogen and oxygen atoms in total. The van der Waals surface area contributed by atoms with Gasteiger partial charge in [0.25, 0.3) is 5.91 Å². The molecule has 2 aliphatic heterocycles. The second kappa shape index (κ2) is 10.4. The number of hydrogen-bond acceptors (Lipinski definition) is 7. The fourth-order valence-corrected chi connectivity index (χ4v) is 5.91. The van der Waals surface area contributed by atoms with Gasteiger partial charge < -0.3 is 31.1 Å². The van der Waals surface area contributed by atoms with E-state index in [1.807, 2.05) is 13.0 Å². The zero-order valence-electron chi connectivity index (χ0n) is 22.4. The Morgan fingerprint density at radius 1 is 1.29 bits per heavy atom. The number of nitrogens with zero attached hydrogens (tertiary/aromatic N) is 1. The molecule has 2 fully saturated rings. The number of halogens is 1. The number of aliphatic hydroxyl groups excluding tert-OH is 1. The van der Waals surface area contributed by atoms with E-state index in [0.717, 1.165) is 16.2 Å². The first-order chi connectivity index (χ1) is 17.7. The second-order valence-corrected chi connectivity index (χ2v) is 12.9. The van der Waals surface area contributed by atoms with E-state index in [9.17, 15) is 29.0 Å². The SMILES string of the molecule is CC1=C(c2ccc(CNC(=O)[C@@H]3C[C@@H](O)CN3C(=O)[C@@H](NC(=O)C3(F)CC3)C(C)(C)C)c(O)c2)SC(C)N1. The number of allylic oxidation sites excluding steroid dienone is 1. The first kappa shape index (κ1) is 28.2. The number of aliphatic hydroxyl groups is 1. The van der Waals surface area contributed by atoms with Gasteiger partial charge in [-0.05, 0) is 43.7 Å². The third kappa shape index (κ3) is 5.93. The van der Waals surface area contributed by atoms with Crippen LogP contribution in [-0.4, -0.2) is 68.6 Å². The van der Waals surface area contributed by atoms with Gasteiger partial charge in [0.15, 0.2) is 5.67 Å². The molecule has 2 heterocycles. The van der Waals surface area contributed by atoms with Crippen molar-refractivity contribution in [3.05, 3.63) is 35.0 Å². The lowest BCUT2D eigenvalue weighted by atomic mass is 9.85. The van der Waals surface area contributed by atoms with Crippen molar-refractivity contribution in [1.82, 2.24) is 20.9 Å². The number of phenols is 1. The fraction of sp³-hybridized carbons (Fsp3) is 0.593. The Morgan fingerprint density at radius 3 is 2.53 bits per heavy atom. The Morgan fingerprint density at radius 2 is 1.97 bits per heavy atom. The van der Waals surface area contributed by atoms with Gasteiger partial charge in [0.05, 0.1) is 11.5 Å². The summed E-state index contributed by atoms with van der Waals surface area (Å²) < 4.78 is 14.3. The van der Waals surface area contributed by atoms with Crippen molar-refractivity contribution in [2.45, 2.75) is 89.7 Å². The molecule has 1 saturated heterocycles. The minimum atomic E-state index is -1.94. The standard InChI is InChI=1S/C27H37FN4O5S/c1-14-21(38-15(2)30-14)16-6-7-17(20(34)10-16)12-29-23(35)19-11-18(33)13-32(19)24(36)22(26(3,4)5)31-25(37)27(28)8-9-27/h6-7,10,15,18-19,22,30,33-34H,8-9,11-13H2,1-5H3,(H,29,35)(H,31,37)/t15?,18-,19+,22-/m1/s1. The maximum atomic E-state index is 14.3. The second-order valence-electron chi connectivity index (χ2n) is 11.6. The lowest BCUT2D eigenvalue weighted by Gasteiger charge is -2.35. The van der Waals surface area contributed by atoms with Crippen LogP contribution >= 0.6 is 11.8 Å². The highest BCUT2D eigenvalue weighted by atomic mass is 32.2. The summed E-state index contributed by atoms with van der Waals surface area (Å²) in [4.78, 5) is 41.4. The molecule has 3 aliphatic rings. The van der Waals surface area contributed by atoms with Crippen molar-refractivity contribution in [2.24, 2.45) is 5.41 Å². The molecule has 0 spiro atoms. The molecule has 38 heavy (non-hydrogen) atoms. The normalized spacial score (nSPS) is 25.1. The summed E-state index contributed by atoms with van der Waals surface area (Å²) in [7, 11) is 0. The number of phenolic OH excluding ortho intramolecular Hbond substituents is 1. The predicted molar refractivity (Wildman–Crippen MR) is 143 cm³/mol. The third-order valence-electron chi connectivity index (χ3n) is 7.20. The van der Waals surface area contributed by atoms with Crippen LogP contribution in [0.25, 0.3) is 4.91 Å². The van der Waals surface area contributed by atoms with Gasteiger partial charge in [-0.1, -0.05) is 44.7 Å². The van der Waals surface area contributed by atoms with Gasteiger partial charge in [-0.25, -0.2) is 4.39 Å². The fourth-order valence-electron chi connectivity index (χ4n) is 4.82. The van der Waals surface area contributed by atoms with Crippen LogP contribution < -0.4 is 16.0 Å². The molecule has 0 radical (unpaired) electrons. The van der Waals surface area contributed by atoms with Crippen LogP contribution in [-0.2, 0) is 20.9 Å². The van der Waals surface area contributed by atoms with Gasteiger partial charge in [-0.15, -0.1) is 0 Å². The number of β-amino-alcohol motifs (C(OH)–C–C–N with tert-alkyl or cyclic N) is 1. The van der Waals surface area contributed by atoms with Crippen molar-refractivity contribution in [3.8, 4) is 5.75 Å². The molecule has 5 N–H and O–H groups in total. The van der Waals surface area contributed by atoms with E-state index in [1.165, 1.54) is 4.90 Å². The van der Waals surface area contributed by atoms with Gasteiger partial charge in [0.2, 0.25) is 11.8 Å². The van der Waals surface area contributed by atoms with Crippen molar-refractivity contribution in [3.63, 3.8) is 0 Å². The van der Waals surface area contributed by atoms with Crippen LogP contribution in [0.2, 0.25) is 0 Å². The zero-order valence-corrected chi connectivity index (χ0v) is 23.2. The maximum Gasteiger partial charge on any atom is 0.258 e. The molecule has 1 aliphatic carbocycles. The quantitative estimate of drug-likeness (QED) is 0.354. The van der Waals surface area contributed by atoms with Crippen molar-refractivity contribution in [2.75, 3.05) is 6.54 Å². The molecule has 0 bridgehead atoms. The molecule has 0 aromatic heterocycles. The van der Waals surface area contributed by atoms with E-state index in [4.69, 9.17) is 0 Å². The molecule has 1 saturated carbocycles. The number of benzene rings is 1. The highest BCUT2D eigenvalue weighted by molar-refractivity contribution is 8.09. The van der Waals surface area contributed by atoms with Gasteiger partial charge in [-0.2, -0.15) is 0 Å². The number of nitrogens with one attached hydrogen (secondary N) is 3. The molecule has 3 amide bonds. The van der Waals surface area contributed by atoms with Crippen LogP contribution in [0.4, 0.5) is 4.39 Å². The number of amides is 3. The van der Waals surface area contributed by atoms with E-state index < -0.39 is 47.0 Å². The number of likely N-dealkylation sites (tertiary alicyclic amines) is 1. The van der Waals surface area contributed by atoms with E-state index in [2.05, 4.69) is 22.9 Å². The van der Waals surface area contributed by atoms with Crippen LogP contribution in [0.1, 0.15) is 65.0 Å². The van der Waals surface area contributed by atoms with Crippen LogP contribution in [0.5, 0.6) is 5.75 Å². The van der Waals surface area contributed by atoms with E-state index in [1.54, 1.807) is 44.7 Å². The average molecular weight is 549 g/mol. The molecule has 11 heteroatoms. The Kier molecular flexibility index (Phi) is 7.73. The molecule has 208 valence electrons. The van der Waals surface area contributed by atoms with Gasteiger partial charge in [0.1, 0.15) is 17.8 Å². The monoisotopic (exact) mass is 548 g/mol. The summed E-state index contributed by atoms with van der Waals surface area (Å²) in [6, 6.07) is 3.27. The first-order valence-corrected chi connectivity index (χ1v) is 13.8. The first-order valence-electron chi connectivity index (χ1n) is 12.9. The summed E-state index contributed by atoms with van der Waals surface area (Å²) in [5.74, 6) is -1.81. The van der Waals surface area contributed by atoms with Gasteiger partial charge in [0, 0.05) is 35.7 Å². The largest absolute Gasteiger partial charge is 0.508 e. The number of carbonyl (C=O) groups excluding carboxylic acids is 3. The summed E-state index contributed by atoms with van der Waals surface area (Å²) in [6.07, 6.45) is -0.629. The highest BCUT2D eigenvalue weighted by Gasteiger charge is 2.53. The van der Waals surface area contributed by atoms with Crippen LogP contribution in [0.3, 0.4) is 0 Å². The van der Waals surface area contributed by atoms with Crippen molar-refractivity contribution in [1.29, 1.82) is 0 Å². The average Bonchev–Trinajstić information content (AvgIpc) is 3.32. The number of alkyl halides is 1.